The van der Waals surface area contributed by atoms with Crippen LogP contribution in [0.5, 0.6) is 0 Å². The van der Waals surface area contributed by atoms with Gasteiger partial charge in [-0.3, -0.25) is 9.59 Å². The Morgan fingerprint density at radius 3 is 2.74 bits per heavy atom. The molecule has 0 aromatic rings. The third-order valence-corrected chi connectivity index (χ3v) is 8.15. The highest BCUT2D eigenvalue weighted by Crippen LogP contribution is 2.36. The summed E-state index contributed by atoms with van der Waals surface area (Å²) in [4.78, 5) is 34.2. The van der Waals surface area contributed by atoms with E-state index in [1.807, 2.05) is 23.4 Å². The van der Waals surface area contributed by atoms with Crippen LogP contribution in [0.4, 0.5) is 0 Å². The molecular weight excluding hydrogens is 512 g/mol. The van der Waals surface area contributed by atoms with Crippen LogP contribution in [-0.4, -0.2) is 64.8 Å². The van der Waals surface area contributed by atoms with Gasteiger partial charge in [0.05, 0.1) is 5.70 Å². The molecule has 0 saturated heterocycles. The lowest BCUT2D eigenvalue weighted by atomic mass is 10.00. The zero-order chi connectivity index (χ0) is 27.3. The van der Waals surface area contributed by atoms with Gasteiger partial charge in [-0.2, -0.15) is 11.8 Å². The molecule has 3 aliphatic rings. The van der Waals surface area contributed by atoms with Crippen molar-refractivity contribution >= 4 is 41.7 Å². The van der Waals surface area contributed by atoms with Crippen molar-refractivity contribution in [2.24, 2.45) is 10.7 Å². The molecule has 0 aromatic carbocycles. The van der Waals surface area contributed by atoms with E-state index >= 15 is 0 Å². The fourth-order valence-corrected chi connectivity index (χ4v) is 5.91. The van der Waals surface area contributed by atoms with E-state index in [1.165, 1.54) is 10.5 Å². The monoisotopic (exact) mass is 552 g/mol. The van der Waals surface area contributed by atoms with Gasteiger partial charge in [0.15, 0.2) is 0 Å². The Balaban J connectivity index is 1.76. The predicted molar refractivity (Wildman–Crippen MR) is 164 cm³/mol. The van der Waals surface area contributed by atoms with Crippen molar-refractivity contribution in [2.45, 2.75) is 51.2 Å². The SMILES string of the molecule is CCCN(CCC)C(=O)C1=CC2=C(C/C=C(/C3=CC=CC(/C=C\N(C=O)CCSC)S3)C/C=C\2)N=C(N)C1. The van der Waals surface area contributed by atoms with Gasteiger partial charge in [-0.05, 0) is 48.8 Å². The Kier molecular flexibility index (Phi) is 12.3. The highest BCUT2D eigenvalue weighted by atomic mass is 32.2. The number of amides is 2. The number of hydrogen-bond acceptors (Lipinski definition) is 6. The third-order valence-electron chi connectivity index (χ3n) is 6.32. The van der Waals surface area contributed by atoms with E-state index in [-0.39, 0.29) is 11.2 Å². The lowest BCUT2D eigenvalue weighted by Gasteiger charge is -2.22. The highest BCUT2D eigenvalue weighted by Gasteiger charge is 2.22. The molecule has 0 bridgehead atoms. The van der Waals surface area contributed by atoms with Crippen LogP contribution in [0.15, 0.2) is 87.1 Å². The summed E-state index contributed by atoms with van der Waals surface area (Å²) in [5.74, 6) is 1.45. The first kappa shape index (κ1) is 29.8. The van der Waals surface area contributed by atoms with E-state index in [4.69, 9.17) is 10.7 Å². The molecule has 204 valence electrons. The average Bonchev–Trinajstić information content (AvgIpc) is 3.06. The second kappa shape index (κ2) is 15.6. The zero-order valence-corrected chi connectivity index (χ0v) is 24.4. The van der Waals surface area contributed by atoms with E-state index in [0.717, 1.165) is 55.8 Å². The van der Waals surface area contributed by atoms with Crippen LogP contribution in [0.3, 0.4) is 0 Å². The van der Waals surface area contributed by atoms with Crippen LogP contribution in [0.1, 0.15) is 46.0 Å². The molecule has 0 spiro atoms. The van der Waals surface area contributed by atoms with Crippen LogP contribution >= 0.6 is 23.5 Å². The second-order valence-corrected chi connectivity index (χ2v) is 11.6. The summed E-state index contributed by atoms with van der Waals surface area (Å²) in [6.07, 6.45) is 25.4. The van der Waals surface area contributed by atoms with E-state index in [0.29, 0.717) is 30.8 Å². The van der Waals surface area contributed by atoms with Crippen molar-refractivity contribution < 1.29 is 9.59 Å². The number of nitrogens with two attached hydrogens (primary N) is 1. The Bertz CT molecular complexity index is 1110. The van der Waals surface area contributed by atoms with Gasteiger partial charge in [-0.15, -0.1) is 11.8 Å². The Morgan fingerprint density at radius 1 is 1.24 bits per heavy atom. The number of nitrogens with zero attached hydrogens (tertiary/aromatic N) is 3. The van der Waals surface area contributed by atoms with Crippen LogP contribution in [-0.2, 0) is 9.59 Å². The summed E-state index contributed by atoms with van der Waals surface area (Å²) in [7, 11) is 0. The van der Waals surface area contributed by atoms with Crippen molar-refractivity contribution in [3.05, 3.63) is 82.1 Å². The number of amidine groups is 1. The number of carbonyl (C=O) groups is 2. The summed E-state index contributed by atoms with van der Waals surface area (Å²) >= 11 is 3.51. The first-order valence-electron chi connectivity index (χ1n) is 13.3. The van der Waals surface area contributed by atoms with Gasteiger partial charge in [0.25, 0.3) is 0 Å². The topological polar surface area (TPSA) is 79.0 Å². The molecule has 1 atom stereocenters. The number of carbonyl (C=O) groups excluding carboxylic acids is 2. The molecular formula is C30H40N4O2S2. The maximum absolute atomic E-state index is 13.3. The summed E-state index contributed by atoms with van der Waals surface area (Å²) < 4.78 is 0. The largest absolute Gasteiger partial charge is 0.387 e. The van der Waals surface area contributed by atoms with Crippen molar-refractivity contribution in [1.29, 1.82) is 0 Å². The number of aliphatic imine (C=N–C) groups is 1. The molecule has 6 nitrogen and oxygen atoms in total. The summed E-state index contributed by atoms with van der Waals surface area (Å²) in [6.45, 7) is 6.39. The van der Waals surface area contributed by atoms with Crippen molar-refractivity contribution in [3.63, 3.8) is 0 Å². The van der Waals surface area contributed by atoms with Crippen LogP contribution in [0.2, 0.25) is 0 Å². The van der Waals surface area contributed by atoms with E-state index in [1.54, 1.807) is 28.4 Å². The number of rotatable bonds is 12. The highest BCUT2D eigenvalue weighted by molar-refractivity contribution is 8.04. The average molecular weight is 553 g/mol. The van der Waals surface area contributed by atoms with Gasteiger partial charge in [0.1, 0.15) is 5.84 Å². The molecule has 2 heterocycles. The second-order valence-electron chi connectivity index (χ2n) is 9.36. The molecule has 8 heteroatoms. The smallest absolute Gasteiger partial charge is 0.250 e. The first-order valence-corrected chi connectivity index (χ1v) is 15.6. The number of hydrogen-bond donors (Lipinski definition) is 1. The van der Waals surface area contributed by atoms with Crippen molar-refractivity contribution in [1.82, 2.24) is 9.80 Å². The summed E-state index contributed by atoms with van der Waals surface area (Å²) in [5.41, 5.74) is 10.1. The molecule has 2 amide bonds. The summed E-state index contributed by atoms with van der Waals surface area (Å²) in [5, 5.41) is 0.161. The molecule has 0 aromatic heterocycles. The number of thioether (sulfide) groups is 2. The predicted octanol–water partition coefficient (Wildman–Crippen LogP) is 5.74. The summed E-state index contributed by atoms with van der Waals surface area (Å²) in [6, 6.07) is 0. The van der Waals surface area contributed by atoms with Gasteiger partial charge < -0.3 is 15.5 Å². The molecule has 3 rings (SSSR count). The van der Waals surface area contributed by atoms with Crippen LogP contribution in [0, 0.1) is 0 Å². The minimum Gasteiger partial charge on any atom is -0.387 e. The first-order chi connectivity index (χ1) is 18.5. The van der Waals surface area contributed by atoms with Gasteiger partial charge in [0, 0.05) is 60.2 Å². The van der Waals surface area contributed by atoms with Crippen LogP contribution < -0.4 is 5.73 Å². The molecule has 38 heavy (non-hydrogen) atoms. The lowest BCUT2D eigenvalue weighted by Crippen LogP contribution is -2.34. The Morgan fingerprint density at radius 2 is 2.03 bits per heavy atom. The Hall–Kier alpha value is -2.71. The molecule has 0 radical (unpaired) electrons. The molecule has 2 N–H and O–H groups in total. The standard InChI is InChI=1S/C30H40N4O2S2/c1-4-15-34(16-5-2)30(36)25-20-24-9-6-8-23(12-13-27(24)32-29(31)21-25)28-11-7-10-26(38-28)14-17-33(22-35)18-19-37-3/h6-7,9-12,14,17,20,22,26H,4-5,8,13,15-16,18-19,21H2,1-3H3,(H2,31,32)/b9-6-,17-14-,23-12+. The minimum absolute atomic E-state index is 0.0588. The minimum atomic E-state index is 0.0588. The maximum atomic E-state index is 13.3. The molecule has 0 fully saturated rings. The van der Waals surface area contributed by atoms with Crippen LogP contribution in [0.25, 0.3) is 0 Å². The quantitative estimate of drug-likeness (QED) is 0.312. The molecule has 1 aliphatic carbocycles. The third kappa shape index (κ3) is 8.67. The van der Waals surface area contributed by atoms with E-state index < -0.39 is 0 Å². The van der Waals surface area contributed by atoms with Gasteiger partial charge in [0.2, 0.25) is 12.3 Å². The van der Waals surface area contributed by atoms with Crippen molar-refractivity contribution in [2.75, 3.05) is 31.6 Å². The lowest BCUT2D eigenvalue weighted by molar-refractivity contribution is -0.127. The molecule has 2 aliphatic heterocycles. The zero-order valence-electron chi connectivity index (χ0n) is 22.8. The molecule has 0 saturated carbocycles. The van der Waals surface area contributed by atoms with E-state index in [9.17, 15) is 9.59 Å². The Labute approximate surface area is 236 Å². The number of allylic oxidation sites excluding steroid dienone is 8. The molecule has 1 unspecified atom stereocenters. The maximum Gasteiger partial charge on any atom is 0.250 e. The van der Waals surface area contributed by atoms with Gasteiger partial charge in [-0.25, -0.2) is 4.99 Å². The van der Waals surface area contributed by atoms with Crippen molar-refractivity contribution in [3.8, 4) is 0 Å². The fourth-order valence-electron chi connectivity index (χ4n) is 4.43. The van der Waals surface area contributed by atoms with Gasteiger partial charge in [-0.1, -0.05) is 50.3 Å². The van der Waals surface area contributed by atoms with E-state index in [2.05, 4.69) is 56.4 Å². The normalized spacial score (nSPS) is 21.7. The van der Waals surface area contributed by atoms with Gasteiger partial charge >= 0.3 is 0 Å². The fraction of sp³-hybridized carbons (Fsp3) is 0.433.